The van der Waals surface area contributed by atoms with E-state index in [1.165, 1.54) is 0 Å². The fraction of sp³-hybridized carbons (Fsp3) is 0.412. The van der Waals surface area contributed by atoms with Gasteiger partial charge >= 0.3 is 0 Å². The molecule has 0 radical (unpaired) electrons. The van der Waals surface area contributed by atoms with Crippen LogP contribution in [0.2, 0.25) is 0 Å². The molecule has 0 saturated carbocycles. The second-order valence-corrected chi connectivity index (χ2v) is 5.59. The zero-order chi connectivity index (χ0) is 15.5. The third-order valence-electron chi connectivity index (χ3n) is 4.07. The predicted octanol–water partition coefficient (Wildman–Crippen LogP) is 2.82. The van der Waals surface area contributed by atoms with Gasteiger partial charge < -0.3 is 14.6 Å². The molecule has 1 aliphatic rings. The molecule has 2 atom stereocenters. The molecule has 1 aliphatic heterocycles. The zero-order valence-corrected chi connectivity index (χ0v) is 12.8. The number of likely N-dealkylation sites (tertiary alicyclic amines) is 1. The summed E-state index contributed by atoms with van der Waals surface area (Å²) in [6, 6.07) is 7.94. The number of amides is 1. The van der Waals surface area contributed by atoms with E-state index in [9.17, 15) is 4.79 Å². The first kappa shape index (κ1) is 14.8. The lowest BCUT2D eigenvalue weighted by Crippen LogP contribution is -2.39. The predicted molar refractivity (Wildman–Crippen MR) is 85.4 cm³/mol. The van der Waals surface area contributed by atoms with Crippen LogP contribution in [-0.2, 0) is 9.53 Å². The molecule has 0 bridgehead atoms. The van der Waals surface area contributed by atoms with Crippen molar-refractivity contribution in [3.05, 3.63) is 42.7 Å². The molecule has 2 aromatic rings. The number of carbonyl (C=O) groups excluding carboxylic acids is 1. The molecule has 1 amide bonds. The van der Waals surface area contributed by atoms with E-state index in [4.69, 9.17) is 4.74 Å². The molecule has 3 rings (SSSR count). The van der Waals surface area contributed by atoms with E-state index in [2.05, 4.69) is 16.5 Å². The summed E-state index contributed by atoms with van der Waals surface area (Å²) in [6.45, 7) is 6.54. The first-order valence-corrected chi connectivity index (χ1v) is 7.68. The number of hydrogen-bond acceptors (Lipinski definition) is 3. The van der Waals surface area contributed by atoms with Crippen molar-refractivity contribution in [3.63, 3.8) is 0 Å². The first-order chi connectivity index (χ1) is 10.7. The Kier molecular flexibility index (Phi) is 4.24. The van der Waals surface area contributed by atoms with Crippen molar-refractivity contribution in [2.75, 3.05) is 13.2 Å². The molecule has 22 heavy (non-hydrogen) atoms. The van der Waals surface area contributed by atoms with Crippen LogP contribution in [0.25, 0.3) is 11.0 Å². The molecule has 0 unspecified atom stereocenters. The first-order valence-electron chi connectivity index (χ1n) is 7.68. The van der Waals surface area contributed by atoms with E-state index >= 15 is 0 Å². The molecule has 1 fully saturated rings. The van der Waals surface area contributed by atoms with Crippen LogP contribution in [0.1, 0.15) is 31.6 Å². The van der Waals surface area contributed by atoms with Gasteiger partial charge in [-0.25, -0.2) is 4.98 Å². The fourth-order valence-electron chi connectivity index (χ4n) is 2.96. The number of H-pyrrole nitrogens is 1. The minimum absolute atomic E-state index is 0.00896. The minimum Gasteiger partial charge on any atom is -0.365 e. The van der Waals surface area contributed by atoms with Gasteiger partial charge in [0, 0.05) is 6.54 Å². The van der Waals surface area contributed by atoms with Gasteiger partial charge in [-0.15, -0.1) is 6.58 Å². The molecule has 2 heterocycles. The second kappa shape index (κ2) is 6.32. The number of carbonyl (C=O) groups is 1. The molecular weight excluding hydrogens is 278 g/mol. The molecular formula is C17H21N3O2. The largest absolute Gasteiger partial charge is 0.365 e. The number of hydrogen-bond donors (Lipinski definition) is 1. The molecule has 1 saturated heterocycles. The van der Waals surface area contributed by atoms with Crippen molar-refractivity contribution in [2.24, 2.45) is 0 Å². The molecule has 5 heteroatoms. The SMILES string of the molecule is C=CCO[C@H](C)C(=O)N1CCC[C@H]1c1nc2ccccc2[nH]1. The second-order valence-electron chi connectivity index (χ2n) is 5.59. The fourth-order valence-corrected chi connectivity index (χ4v) is 2.96. The number of para-hydroxylation sites is 2. The minimum atomic E-state index is -0.456. The standard InChI is InChI=1S/C17H21N3O2/c1-3-11-22-12(2)17(21)20-10-6-9-15(20)16-18-13-7-4-5-8-14(13)19-16/h3-5,7-8,12,15H,1,6,9-11H2,2H3,(H,18,19)/t12-,15+/m1/s1. The maximum atomic E-state index is 12.6. The van der Waals surface area contributed by atoms with E-state index < -0.39 is 6.10 Å². The van der Waals surface area contributed by atoms with E-state index in [0.717, 1.165) is 36.2 Å². The summed E-state index contributed by atoms with van der Waals surface area (Å²) in [7, 11) is 0. The van der Waals surface area contributed by atoms with Crippen molar-refractivity contribution >= 4 is 16.9 Å². The zero-order valence-electron chi connectivity index (χ0n) is 12.8. The van der Waals surface area contributed by atoms with Crippen LogP contribution in [0.15, 0.2) is 36.9 Å². The Morgan fingerprint density at radius 1 is 1.59 bits per heavy atom. The highest BCUT2D eigenvalue weighted by Crippen LogP contribution is 2.32. The van der Waals surface area contributed by atoms with E-state index in [1.807, 2.05) is 29.2 Å². The average molecular weight is 299 g/mol. The van der Waals surface area contributed by atoms with Gasteiger partial charge in [-0.05, 0) is 31.9 Å². The average Bonchev–Trinajstić information content (AvgIpc) is 3.17. The van der Waals surface area contributed by atoms with Crippen LogP contribution in [0, 0.1) is 0 Å². The molecule has 1 aromatic carbocycles. The number of rotatable bonds is 5. The molecule has 0 spiro atoms. The van der Waals surface area contributed by atoms with Crippen LogP contribution in [0.4, 0.5) is 0 Å². The number of aromatic amines is 1. The monoisotopic (exact) mass is 299 g/mol. The van der Waals surface area contributed by atoms with Crippen molar-refractivity contribution < 1.29 is 9.53 Å². The van der Waals surface area contributed by atoms with Crippen LogP contribution in [0.5, 0.6) is 0 Å². The van der Waals surface area contributed by atoms with Crippen molar-refractivity contribution in [3.8, 4) is 0 Å². The Morgan fingerprint density at radius 3 is 3.18 bits per heavy atom. The Bertz CT molecular complexity index is 646. The maximum Gasteiger partial charge on any atom is 0.252 e. The summed E-state index contributed by atoms with van der Waals surface area (Å²) >= 11 is 0. The molecule has 1 aromatic heterocycles. The van der Waals surface area contributed by atoms with Gasteiger partial charge in [0.05, 0.1) is 23.7 Å². The molecule has 1 N–H and O–H groups in total. The summed E-state index contributed by atoms with van der Waals surface area (Å²) in [5.41, 5.74) is 1.94. The van der Waals surface area contributed by atoms with E-state index in [-0.39, 0.29) is 11.9 Å². The molecule has 0 aliphatic carbocycles. The van der Waals surface area contributed by atoms with E-state index in [0.29, 0.717) is 6.61 Å². The summed E-state index contributed by atoms with van der Waals surface area (Å²) in [6.07, 6.45) is 3.12. The summed E-state index contributed by atoms with van der Waals surface area (Å²) in [5, 5.41) is 0. The number of fused-ring (bicyclic) bond motifs is 1. The van der Waals surface area contributed by atoms with Gasteiger partial charge in [0.25, 0.3) is 5.91 Å². The molecule has 116 valence electrons. The van der Waals surface area contributed by atoms with E-state index in [1.54, 1.807) is 13.0 Å². The summed E-state index contributed by atoms with van der Waals surface area (Å²) in [5.74, 6) is 0.882. The maximum absolute atomic E-state index is 12.6. The highest BCUT2D eigenvalue weighted by molar-refractivity contribution is 5.81. The van der Waals surface area contributed by atoms with Crippen LogP contribution in [-0.4, -0.2) is 40.0 Å². The van der Waals surface area contributed by atoms with Gasteiger partial charge in [-0.1, -0.05) is 18.2 Å². The van der Waals surface area contributed by atoms with Gasteiger partial charge in [-0.3, -0.25) is 4.79 Å². The number of ether oxygens (including phenoxy) is 1. The Balaban J connectivity index is 1.80. The number of imidazole rings is 1. The third kappa shape index (κ3) is 2.76. The Morgan fingerprint density at radius 2 is 2.41 bits per heavy atom. The van der Waals surface area contributed by atoms with Gasteiger partial charge in [0.15, 0.2) is 0 Å². The third-order valence-corrected chi connectivity index (χ3v) is 4.07. The number of aromatic nitrogens is 2. The van der Waals surface area contributed by atoms with Gasteiger partial charge in [-0.2, -0.15) is 0 Å². The summed E-state index contributed by atoms with van der Waals surface area (Å²) < 4.78 is 5.47. The van der Waals surface area contributed by atoms with Crippen molar-refractivity contribution in [1.29, 1.82) is 0 Å². The quantitative estimate of drug-likeness (QED) is 0.864. The van der Waals surface area contributed by atoms with Gasteiger partial charge in [0.2, 0.25) is 0 Å². The van der Waals surface area contributed by atoms with Crippen LogP contribution >= 0.6 is 0 Å². The smallest absolute Gasteiger partial charge is 0.252 e. The Labute approximate surface area is 130 Å². The number of nitrogens with zero attached hydrogens (tertiary/aromatic N) is 2. The van der Waals surface area contributed by atoms with Crippen LogP contribution < -0.4 is 0 Å². The normalized spacial score (nSPS) is 19.5. The molecule has 5 nitrogen and oxygen atoms in total. The van der Waals surface area contributed by atoms with Crippen LogP contribution in [0.3, 0.4) is 0 Å². The summed E-state index contributed by atoms with van der Waals surface area (Å²) in [4.78, 5) is 22.4. The van der Waals surface area contributed by atoms with Crippen molar-refractivity contribution in [1.82, 2.24) is 14.9 Å². The highest BCUT2D eigenvalue weighted by Gasteiger charge is 2.34. The lowest BCUT2D eigenvalue weighted by atomic mass is 10.2. The van der Waals surface area contributed by atoms with Gasteiger partial charge in [0.1, 0.15) is 11.9 Å². The number of benzene rings is 1. The highest BCUT2D eigenvalue weighted by atomic mass is 16.5. The number of nitrogens with one attached hydrogen (secondary N) is 1. The lowest BCUT2D eigenvalue weighted by Gasteiger charge is -2.26. The Hall–Kier alpha value is -2.14. The lowest BCUT2D eigenvalue weighted by molar-refractivity contribution is -0.143. The van der Waals surface area contributed by atoms with Crippen molar-refractivity contribution in [2.45, 2.75) is 31.9 Å². The topological polar surface area (TPSA) is 58.2 Å².